The zero-order valence-electron chi connectivity index (χ0n) is 14.5. The van der Waals surface area contributed by atoms with Gasteiger partial charge in [0, 0.05) is 30.9 Å². The highest BCUT2D eigenvalue weighted by molar-refractivity contribution is 5.29. The summed E-state index contributed by atoms with van der Waals surface area (Å²) in [5.74, 6) is 0.922. The van der Waals surface area contributed by atoms with Crippen LogP contribution in [0.2, 0.25) is 0 Å². The number of rotatable bonds is 6. The van der Waals surface area contributed by atoms with Gasteiger partial charge in [-0.05, 0) is 52.3 Å². The molecule has 1 aromatic carbocycles. The van der Waals surface area contributed by atoms with Gasteiger partial charge in [0.15, 0.2) is 0 Å². The normalized spacial score (nSPS) is 12.7. The fourth-order valence-electron chi connectivity index (χ4n) is 2.75. The molecule has 4 nitrogen and oxygen atoms in total. The van der Waals surface area contributed by atoms with Gasteiger partial charge in [-0.1, -0.05) is 12.1 Å². The molecule has 120 valence electrons. The van der Waals surface area contributed by atoms with Gasteiger partial charge >= 0.3 is 0 Å². The minimum absolute atomic E-state index is 0.209. The molecule has 1 N–H and O–H groups in total. The first-order chi connectivity index (χ1) is 10.4. The Balaban J connectivity index is 1.97. The third-order valence-corrected chi connectivity index (χ3v) is 3.91. The molecule has 0 bridgehead atoms. The predicted octanol–water partition coefficient (Wildman–Crippen LogP) is 3.67. The van der Waals surface area contributed by atoms with E-state index in [1.165, 1.54) is 16.8 Å². The number of ether oxygens (including phenoxy) is 1. The van der Waals surface area contributed by atoms with Crippen molar-refractivity contribution in [1.82, 2.24) is 15.1 Å². The fraction of sp³-hybridized carbons (Fsp3) is 0.500. The van der Waals surface area contributed by atoms with Crippen molar-refractivity contribution in [2.45, 2.75) is 53.3 Å². The number of benzene rings is 1. The average Bonchev–Trinajstić information content (AvgIpc) is 2.70. The van der Waals surface area contributed by atoms with Gasteiger partial charge in [-0.3, -0.25) is 4.68 Å². The van der Waals surface area contributed by atoms with Gasteiger partial charge in [-0.25, -0.2) is 0 Å². The Kier molecular flexibility index (Phi) is 5.24. The molecule has 0 fully saturated rings. The fourth-order valence-corrected chi connectivity index (χ4v) is 2.75. The van der Waals surface area contributed by atoms with Crippen molar-refractivity contribution in [3.8, 4) is 5.75 Å². The summed E-state index contributed by atoms with van der Waals surface area (Å²) in [6, 6.07) is 8.56. The second-order valence-corrected chi connectivity index (χ2v) is 6.12. The van der Waals surface area contributed by atoms with Crippen LogP contribution >= 0.6 is 0 Å². The van der Waals surface area contributed by atoms with Gasteiger partial charge in [-0.2, -0.15) is 5.10 Å². The van der Waals surface area contributed by atoms with Crippen molar-refractivity contribution < 1.29 is 4.74 Å². The van der Waals surface area contributed by atoms with Gasteiger partial charge < -0.3 is 10.1 Å². The van der Waals surface area contributed by atoms with E-state index in [-0.39, 0.29) is 12.1 Å². The Morgan fingerprint density at radius 3 is 2.27 bits per heavy atom. The Morgan fingerprint density at radius 1 is 1.14 bits per heavy atom. The second-order valence-electron chi connectivity index (χ2n) is 6.12. The summed E-state index contributed by atoms with van der Waals surface area (Å²) in [6.45, 7) is 11.3. The molecule has 0 aliphatic heterocycles. The molecule has 0 radical (unpaired) electrons. The van der Waals surface area contributed by atoms with Gasteiger partial charge in [0.25, 0.3) is 0 Å². The summed E-state index contributed by atoms with van der Waals surface area (Å²) in [6.07, 6.45) is 0.209. The molecule has 2 aromatic rings. The monoisotopic (exact) mass is 301 g/mol. The summed E-state index contributed by atoms with van der Waals surface area (Å²) in [7, 11) is 1.99. The highest BCUT2D eigenvalue weighted by Gasteiger charge is 2.15. The number of aryl methyl sites for hydroxylation is 2. The highest BCUT2D eigenvalue weighted by atomic mass is 16.5. The van der Waals surface area contributed by atoms with Crippen LogP contribution in [0, 0.1) is 13.8 Å². The van der Waals surface area contributed by atoms with Crippen LogP contribution in [0.25, 0.3) is 0 Å². The van der Waals surface area contributed by atoms with Crippen LogP contribution in [0.4, 0.5) is 0 Å². The average molecular weight is 301 g/mol. The molecule has 1 atom stereocenters. The van der Waals surface area contributed by atoms with E-state index in [1.54, 1.807) is 0 Å². The smallest absolute Gasteiger partial charge is 0.119 e. The van der Waals surface area contributed by atoms with Crippen molar-refractivity contribution >= 4 is 0 Å². The van der Waals surface area contributed by atoms with E-state index < -0.39 is 0 Å². The van der Waals surface area contributed by atoms with Crippen LogP contribution in [0.1, 0.15) is 49.3 Å². The summed E-state index contributed by atoms with van der Waals surface area (Å²) in [5.41, 5.74) is 4.86. The summed E-state index contributed by atoms with van der Waals surface area (Å²) >= 11 is 0. The van der Waals surface area contributed by atoms with Crippen LogP contribution in [-0.4, -0.2) is 15.9 Å². The van der Waals surface area contributed by atoms with Crippen LogP contribution < -0.4 is 10.1 Å². The van der Waals surface area contributed by atoms with Gasteiger partial charge in [-0.15, -0.1) is 0 Å². The van der Waals surface area contributed by atoms with Gasteiger partial charge in [0.05, 0.1) is 11.8 Å². The van der Waals surface area contributed by atoms with Crippen LogP contribution in [0.3, 0.4) is 0 Å². The van der Waals surface area contributed by atoms with Crippen molar-refractivity contribution in [3.05, 3.63) is 46.8 Å². The first kappa shape index (κ1) is 16.6. The Bertz CT molecular complexity index is 614. The minimum Gasteiger partial charge on any atom is -0.491 e. The molecule has 4 heteroatoms. The SMILES string of the molecule is Cc1nn(C)c(C)c1C(C)NCc1ccc(OC(C)C)cc1. The summed E-state index contributed by atoms with van der Waals surface area (Å²) < 4.78 is 7.61. The molecular weight excluding hydrogens is 274 g/mol. The number of aromatic nitrogens is 2. The minimum atomic E-state index is 0.209. The number of nitrogens with zero attached hydrogens (tertiary/aromatic N) is 2. The Hall–Kier alpha value is -1.81. The van der Waals surface area contributed by atoms with Gasteiger partial charge in [0.2, 0.25) is 0 Å². The molecule has 22 heavy (non-hydrogen) atoms. The quantitative estimate of drug-likeness (QED) is 0.884. The molecule has 1 heterocycles. The van der Waals surface area contributed by atoms with Crippen LogP contribution in [-0.2, 0) is 13.6 Å². The van der Waals surface area contributed by atoms with E-state index in [0.717, 1.165) is 18.0 Å². The van der Waals surface area contributed by atoms with Gasteiger partial charge in [0.1, 0.15) is 5.75 Å². The highest BCUT2D eigenvalue weighted by Crippen LogP contribution is 2.21. The standard InChI is InChI=1S/C18H27N3O/c1-12(2)22-17-9-7-16(8-10-17)11-19-13(3)18-14(4)20-21(6)15(18)5/h7-10,12-13,19H,11H2,1-6H3. The molecule has 1 unspecified atom stereocenters. The zero-order chi connectivity index (χ0) is 16.3. The first-order valence-corrected chi connectivity index (χ1v) is 7.87. The molecular formula is C18H27N3O. The lowest BCUT2D eigenvalue weighted by molar-refractivity contribution is 0.242. The number of nitrogens with one attached hydrogen (secondary N) is 1. The van der Waals surface area contributed by atoms with E-state index in [1.807, 2.05) is 37.7 Å². The van der Waals surface area contributed by atoms with Crippen molar-refractivity contribution in [3.63, 3.8) is 0 Å². The second kappa shape index (κ2) is 6.97. The molecule has 0 aliphatic carbocycles. The Morgan fingerprint density at radius 2 is 1.77 bits per heavy atom. The molecule has 0 aliphatic rings. The lowest BCUT2D eigenvalue weighted by Gasteiger charge is -2.15. The summed E-state index contributed by atoms with van der Waals surface area (Å²) in [5, 5.41) is 8.06. The number of hydrogen-bond acceptors (Lipinski definition) is 3. The number of hydrogen-bond donors (Lipinski definition) is 1. The van der Waals surface area contributed by atoms with Crippen LogP contribution in [0.5, 0.6) is 5.75 Å². The maximum atomic E-state index is 5.67. The van der Waals surface area contributed by atoms with E-state index in [2.05, 4.69) is 43.3 Å². The molecule has 0 spiro atoms. The lowest BCUT2D eigenvalue weighted by Crippen LogP contribution is -2.19. The maximum Gasteiger partial charge on any atom is 0.119 e. The van der Waals surface area contributed by atoms with Crippen molar-refractivity contribution in [1.29, 1.82) is 0 Å². The van der Waals surface area contributed by atoms with Crippen molar-refractivity contribution in [2.75, 3.05) is 0 Å². The van der Waals surface area contributed by atoms with E-state index in [9.17, 15) is 0 Å². The molecule has 0 saturated heterocycles. The zero-order valence-corrected chi connectivity index (χ0v) is 14.5. The van der Waals surface area contributed by atoms with Crippen LogP contribution in [0.15, 0.2) is 24.3 Å². The van der Waals surface area contributed by atoms with E-state index in [4.69, 9.17) is 4.74 Å². The van der Waals surface area contributed by atoms with E-state index in [0.29, 0.717) is 0 Å². The largest absolute Gasteiger partial charge is 0.491 e. The third-order valence-electron chi connectivity index (χ3n) is 3.91. The molecule has 0 amide bonds. The molecule has 1 aromatic heterocycles. The lowest BCUT2D eigenvalue weighted by atomic mass is 10.1. The Labute approximate surface area is 133 Å². The predicted molar refractivity (Wildman–Crippen MR) is 90.1 cm³/mol. The first-order valence-electron chi connectivity index (χ1n) is 7.87. The topological polar surface area (TPSA) is 39.1 Å². The van der Waals surface area contributed by atoms with Crippen molar-refractivity contribution in [2.24, 2.45) is 7.05 Å². The van der Waals surface area contributed by atoms with E-state index >= 15 is 0 Å². The maximum absolute atomic E-state index is 5.67. The third kappa shape index (κ3) is 3.89. The summed E-state index contributed by atoms with van der Waals surface area (Å²) in [4.78, 5) is 0. The molecule has 0 saturated carbocycles. The molecule has 2 rings (SSSR count).